The molecular formula is C19H20N4O3. The Kier molecular flexibility index (Phi) is 4.62. The average molecular weight is 352 g/mol. The second kappa shape index (κ2) is 7.21. The number of piperidine rings is 1. The van der Waals surface area contributed by atoms with Crippen molar-refractivity contribution in [3.63, 3.8) is 0 Å². The van der Waals surface area contributed by atoms with E-state index in [1.807, 2.05) is 0 Å². The van der Waals surface area contributed by atoms with E-state index >= 15 is 0 Å². The SMILES string of the molecule is O=C(Nc1cccnc1)[C@H]1C[C@H]2OCC[C@H]2N(C(=O)c2ccccn2)C1. The predicted molar refractivity (Wildman–Crippen MR) is 94.4 cm³/mol. The maximum Gasteiger partial charge on any atom is 0.272 e. The third-order valence-electron chi connectivity index (χ3n) is 4.95. The number of carbonyl (C=O) groups excluding carboxylic acids is 2. The van der Waals surface area contributed by atoms with Crippen molar-refractivity contribution in [3.05, 3.63) is 54.6 Å². The fraction of sp³-hybridized carbons (Fsp3) is 0.368. The first-order chi connectivity index (χ1) is 12.7. The molecule has 2 saturated heterocycles. The van der Waals surface area contributed by atoms with Gasteiger partial charge in [-0.15, -0.1) is 0 Å². The number of nitrogens with one attached hydrogen (secondary N) is 1. The molecule has 2 aliphatic rings. The summed E-state index contributed by atoms with van der Waals surface area (Å²) in [4.78, 5) is 35.6. The summed E-state index contributed by atoms with van der Waals surface area (Å²) in [7, 11) is 0. The number of hydrogen-bond donors (Lipinski definition) is 1. The van der Waals surface area contributed by atoms with Crippen LogP contribution in [0, 0.1) is 5.92 Å². The van der Waals surface area contributed by atoms with Gasteiger partial charge in [0.15, 0.2) is 0 Å². The third-order valence-corrected chi connectivity index (χ3v) is 4.95. The molecule has 0 aromatic carbocycles. The summed E-state index contributed by atoms with van der Waals surface area (Å²) in [5.74, 6) is -0.599. The van der Waals surface area contributed by atoms with Crippen LogP contribution in [0.1, 0.15) is 23.3 Å². The van der Waals surface area contributed by atoms with Gasteiger partial charge < -0.3 is 15.0 Å². The fourth-order valence-electron chi connectivity index (χ4n) is 3.69. The van der Waals surface area contributed by atoms with Gasteiger partial charge in [-0.2, -0.15) is 0 Å². The number of amides is 2. The van der Waals surface area contributed by atoms with Crippen molar-refractivity contribution in [1.82, 2.24) is 14.9 Å². The van der Waals surface area contributed by atoms with Crippen LogP contribution in [0.15, 0.2) is 48.9 Å². The van der Waals surface area contributed by atoms with Gasteiger partial charge in [-0.25, -0.2) is 0 Å². The lowest BCUT2D eigenvalue weighted by molar-refractivity contribution is -0.123. The molecule has 0 bridgehead atoms. The van der Waals surface area contributed by atoms with Gasteiger partial charge in [-0.1, -0.05) is 6.07 Å². The molecular weight excluding hydrogens is 332 g/mol. The zero-order valence-electron chi connectivity index (χ0n) is 14.2. The Morgan fingerprint density at radius 3 is 2.88 bits per heavy atom. The Bertz CT molecular complexity index is 784. The largest absolute Gasteiger partial charge is 0.376 e. The summed E-state index contributed by atoms with van der Waals surface area (Å²) in [6.07, 6.45) is 6.16. The molecule has 3 atom stereocenters. The van der Waals surface area contributed by atoms with E-state index in [0.717, 1.165) is 6.42 Å². The molecule has 26 heavy (non-hydrogen) atoms. The predicted octanol–water partition coefficient (Wildman–Crippen LogP) is 1.73. The third kappa shape index (κ3) is 3.30. The smallest absolute Gasteiger partial charge is 0.272 e. The number of pyridine rings is 2. The monoisotopic (exact) mass is 352 g/mol. The van der Waals surface area contributed by atoms with E-state index in [-0.39, 0.29) is 29.9 Å². The summed E-state index contributed by atoms with van der Waals surface area (Å²) in [6.45, 7) is 0.976. The number of anilines is 1. The van der Waals surface area contributed by atoms with Gasteiger partial charge in [0.1, 0.15) is 5.69 Å². The van der Waals surface area contributed by atoms with Crippen molar-refractivity contribution in [2.24, 2.45) is 5.92 Å². The molecule has 2 aromatic heterocycles. The van der Waals surface area contributed by atoms with Crippen LogP contribution in [0.25, 0.3) is 0 Å². The standard InChI is InChI=1S/C19H20N4O3/c24-18(22-14-4-3-7-20-11-14)13-10-17-16(6-9-26-17)23(12-13)19(25)15-5-1-2-8-21-15/h1-5,7-8,11,13,16-17H,6,9-10,12H2,(H,22,24)/t13-,16+,17+/m0/s1. The molecule has 0 radical (unpaired) electrons. The lowest BCUT2D eigenvalue weighted by Crippen LogP contribution is -2.54. The van der Waals surface area contributed by atoms with Gasteiger partial charge in [0.05, 0.1) is 29.9 Å². The molecule has 7 nitrogen and oxygen atoms in total. The summed E-state index contributed by atoms with van der Waals surface area (Å²) in [6, 6.07) is 8.83. The van der Waals surface area contributed by atoms with Gasteiger partial charge >= 0.3 is 0 Å². The fourth-order valence-corrected chi connectivity index (χ4v) is 3.69. The van der Waals surface area contributed by atoms with E-state index in [2.05, 4.69) is 15.3 Å². The Morgan fingerprint density at radius 1 is 1.19 bits per heavy atom. The topological polar surface area (TPSA) is 84.4 Å². The minimum Gasteiger partial charge on any atom is -0.376 e. The molecule has 2 amide bonds. The lowest BCUT2D eigenvalue weighted by atomic mass is 9.89. The molecule has 2 aromatic rings. The number of likely N-dealkylation sites (tertiary alicyclic amines) is 1. The normalized spacial score (nSPS) is 24.8. The first kappa shape index (κ1) is 16.7. The van der Waals surface area contributed by atoms with E-state index in [1.54, 1.807) is 53.8 Å². The summed E-state index contributed by atoms with van der Waals surface area (Å²) in [5, 5.41) is 2.88. The molecule has 0 saturated carbocycles. The quantitative estimate of drug-likeness (QED) is 0.909. The molecule has 2 fully saturated rings. The van der Waals surface area contributed by atoms with Crippen LogP contribution in [0.2, 0.25) is 0 Å². The van der Waals surface area contributed by atoms with Crippen LogP contribution >= 0.6 is 0 Å². The highest BCUT2D eigenvalue weighted by Gasteiger charge is 2.44. The summed E-state index contributed by atoms with van der Waals surface area (Å²) < 4.78 is 5.80. The van der Waals surface area contributed by atoms with Crippen LogP contribution in [0.3, 0.4) is 0 Å². The van der Waals surface area contributed by atoms with Crippen LogP contribution in [-0.4, -0.2) is 52.0 Å². The van der Waals surface area contributed by atoms with Crippen molar-refractivity contribution in [3.8, 4) is 0 Å². The van der Waals surface area contributed by atoms with Crippen molar-refractivity contribution in [2.75, 3.05) is 18.5 Å². The number of fused-ring (bicyclic) bond motifs is 1. The van der Waals surface area contributed by atoms with Gasteiger partial charge in [0, 0.05) is 25.5 Å². The Hall–Kier alpha value is -2.80. The van der Waals surface area contributed by atoms with Gasteiger partial charge in [0.2, 0.25) is 5.91 Å². The Labute approximate surface area is 151 Å². The van der Waals surface area contributed by atoms with Gasteiger partial charge in [-0.3, -0.25) is 19.6 Å². The number of ether oxygens (including phenoxy) is 1. The van der Waals surface area contributed by atoms with Crippen LogP contribution in [0.4, 0.5) is 5.69 Å². The first-order valence-electron chi connectivity index (χ1n) is 8.77. The second-order valence-corrected chi connectivity index (χ2v) is 6.60. The minimum absolute atomic E-state index is 0.00643. The molecule has 4 rings (SSSR count). The summed E-state index contributed by atoms with van der Waals surface area (Å²) in [5.41, 5.74) is 1.04. The van der Waals surface area contributed by atoms with E-state index in [9.17, 15) is 9.59 Å². The van der Waals surface area contributed by atoms with E-state index < -0.39 is 0 Å². The molecule has 0 aliphatic carbocycles. The second-order valence-electron chi connectivity index (χ2n) is 6.60. The molecule has 0 spiro atoms. The van der Waals surface area contributed by atoms with Crippen LogP contribution in [0.5, 0.6) is 0 Å². The van der Waals surface area contributed by atoms with Crippen molar-refractivity contribution >= 4 is 17.5 Å². The zero-order chi connectivity index (χ0) is 17.9. The van der Waals surface area contributed by atoms with Gasteiger partial charge in [0.25, 0.3) is 5.91 Å². The Balaban J connectivity index is 1.53. The van der Waals surface area contributed by atoms with Gasteiger partial charge in [-0.05, 0) is 37.1 Å². The Morgan fingerprint density at radius 2 is 2.12 bits per heavy atom. The number of hydrogen-bond acceptors (Lipinski definition) is 5. The summed E-state index contributed by atoms with van der Waals surface area (Å²) >= 11 is 0. The molecule has 1 N–H and O–H groups in total. The van der Waals surface area contributed by atoms with Crippen LogP contribution in [-0.2, 0) is 9.53 Å². The van der Waals surface area contributed by atoms with E-state index in [0.29, 0.717) is 31.0 Å². The van der Waals surface area contributed by atoms with Crippen molar-refractivity contribution in [2.45, 2.75) is 25.0 Å². The average Bonchev–Trinajstić information content (AvgIpc) is 3.17. The molecule has 4 heterocycles. The number of aromatic nitrogens is 2. The minimum atomic E-state index is -0.331. The number of carbonyl (C=O) groups is 2. The molecule has 0 unspecified atom stereocenters. The highest BCUT2D eigenvalue weighted by Crippen LogP contribution is 2.32. The zero-order valence-corrected chi connectivity index (χ0v) is 14.2. The lowest BCUT2D eigenvalue weighted by Gasteiger charge is -2.40. The van der Waals surface area contributed by atoms with Crippen molar-refractivity contribution < 1.29 is 14.3 Å². The van der Waals surface area contributed by atoms with Crippen LogP contribution < -0.4 is 5.32 Å². The first-order valence-corrected chi connectivity index (χ1v) is 8.77. The number of nitrogens with zero attached hydrogens (tertiary/aromatic N) is 3. The molecule has 7 heteroatoms. The molecule has 2 aliphatic heterocycles. The number of rotatable bonds is 3. The highest BCUT2D eigenvalue weighted by molar-refractivity contribution is 5.95. The highest BCUT2D eigenvalue weighted by atomic mass is 16.5. The maximum atomic E-state index is 12.9. The maximum absolute atomic E-state index is 12.9. The van der Waals surface area contributed by atoms with Crippen molar-refractivity contribution in [1.29, 1.82) is 0 Å². The molecule has 134 valence electrons. The van der Waals surface area contributed by atoms with E-state index in [4.69, 9.17) is 4.74 Å². The van der Waals surface area contributed by atoms with E-state index in [1.165, 1.54) is 0 Å².